The Bertz CT molecular complexity index is 204. The minimum absolute atomic E-state index is 0.165. The average molecular weight is 240 g/mol. The zero-order valence-corrected chi connectivity index (χ0v) is 10.6. The van der Waals surface area contributed by atoms with Gasteiger partial charge in [-0.3, -0.25) is 4.90 Å². The van der Waals surface area contributed by atoms with Crippen LogP contribution in [0.1, 0.15) is 40.5 Å². The van der Waals surface area contributed by atoms with Gasteiger partial charge >= 0.3 is 6.18 Å². The van der Waals surface area contributed by atoms with Crippen LogP contribution in [0.3, 0.4) is 0 Å². The van der Waals surface area contributed by atoms with Crippen molar-refractivity contribution in [3.63, 3.8) is 0 Å². The number of nitrogens with zero attached hydrogens (tertiary/aromatic N) is 1. The second-order valence-corrected chi connectivity index (χ2v) is 4.79. The molecule has 0 heterocycles. The van der Waals surface area contributed by atoms with Gasteiger partial charge in [0.05, 0.1) is 6.54 Å². The number of halogens is 3. The summed E-state index contributed by atoms with van der Waals surface area (Å²) in [7, 11) is 0. The molecule has 2 nitrogen and oxygen atoms in total. The van der Waals surface area contributed by atoms with Gasteiger partial charge in [-0.15, -0.1) is 0 Å². The molecule has 0 aliphatic carbocycles. The molecule has 16 heavy (non-hydrogen) atoms. The SMILES string of the molecule is CCCC(C)(CN)N(CC(F)(F)F)C(C)C. The molecule has 0 aliphatic heterocycles. The van der Waals surface area contributed by atoms with Gasteiger partial charge in [0, 0.05) is 18.1 Å². The summed E-state index contributed by atoms with van der Waals surface area (Å²) in [6.07, 6.45) is -2.67. The highest BCUT2D eigenvalue weighted by Crippen LogP contribution is 2.27. The summed E-state index contributed by atoms with van der Waals surface area (Å²) in [5, 5.41) is 0. The van der Waals surface area contributed by atoms with Crippen LogP contribution in [0.25, 0.3) is 0 Å². The van der Waals surface area contributed by atoms with Crippen molar-refractivity contribution in [3.8, 4) is 0 Å². The first-order chi connectivity index (χ1) is 7.16. The second kappa shape index (κ2) is 5.87. The molecule has 1 unspecified atom stereocenters. The van der Waals surface area contributed by atoms with Crippen molar-refractivity contribution >= 4 is 0 Å². The smallest absolute Gasteiger partial charge is 0.329 e. The third kappa shape index (κ3) is 4.70. The monoisotopic (exact) mass is 240 g/mol. The van der Waals surface area contributed by atoms with Crippen LogP contribution in [-0.4, -0.2) is 35.7 Å². The normalized spacial score (nSPS) is 16.9. The van der Waals surface area contributed by atoms with E-state index in [4.69, 9.17) is 5.73 Å². The highest BCUT2D eigenvalue weighted by molar-refractivity contribution is 4.90. The van der Waals surface area contributed by atoms with Crippen molar-refractivity contribution < 1.29 is 13.2 Å². The molecule has 0 aromatic carbocycles. The molecule has 2 N–H and O–H groups in total. The second-order valence-electron chi connectivity index (χ2n) is 4.79. The lowest BCUT2D eigenvalue weighted by Crippen LogP contribution is -2.57. The fourth-order valence-corrected chi connectivity index (χ4v) is 2.09. The van der Waals surface area contributed by atoms with Gasteiger partial charge in [0.1, 0.15) is 0 Å². The van der Waals surface area contributed by atoms with Crippen LogP contribution >= 0.6 is 0 Å². The molecular formula is C11H23F3N2. The summed E-state index contributed by atoms with van der Waals surface area (Å²) in [5.74, 6) is 0. The quantitative estimate of drug-likeness (QED) is 0.773. The van der Waals surface area contributed by atoms with Gasteiger partial charge in [0.25, 0.3) is 0 Å². The van der Waals surface area contributed by atoms with Crippen LogP contribution in [0, 0.1) is 0 Å². The molecule has 0 rings (SSSR count). The molecule has 0 aromatic heterocycles. The molecular weight excluding hydrogens is 217 g/mol. The Morgan fingerprint density at radius 3 is 2.00 bits per heavy atom. The first-order valence-electron chi connectivity index (χ1n) is 5.70. The maximum absolute atomic E-state index is 12.5. The number of alkyl halides is 3. The molecule has 0 radical (unpaired) electrons. The minimum Gasteiger partial charge on any atom is -0.329 e. The molecule has 0 saturated heterocycles. The van der Waals surface area contributed by atoms with Crippen LogP contribution in [0.15, 0.2) is 0 Å². The Labute approximate surface area is 96.0 Å². The van der Waals surface area contributed by atoms with Gasteiger partial charge in [-0.25, -0.2) is 0 Å². The van der Waals surface area contributed by atoms with Crippen LogP contribution in [0.2, 0.25) is 0 Å². The van der Waals surface area contributed by atoms with Crippen LogP contribution in [0.4, 0.5) is 13.2 Å². The van der Waals surface area contributed by atoms with E-state index in [-0.39, 0.29) is 12.6 Å². The fraction of sp³-hybridized carbons (Fsp3) is 1.00. The topological polar surface area (TPSA) is 29.3 Å². The van der Waals surface area contributed by atoms with Crippen molar-refractivity contribution in [1.29, 1.82) is 0 Å². The first kappa shape index (κ1) is 15.7. The van der Waals surface area contributed by atoms with Gasteiger partial charge in [-0.05, 0) is 27.2 Å². The molecule has 0 bridgehead atoms. The van der Waals surface area contributed by atoms with E-state index in [0.717, 1.165) is 6.42 Å². The van der Waals surface area contributed by atoms with E-state index in [1.165, 1.54) is 4.90 Å². The Kier molecular flexibility index (Phi) is 5.76. The third-order valence-corrected chi connectivity index (χ3v) is 2.89. The lowest BCUT2D eigenvalue weighted by molar-refractivity contribution is -0.163. The van der Waals surface area contributed by atoms with E-state index in [2.05, 4.69) is 0 Å². The van der Waals surface area contributed by atoms with Gasteiger partial charge in [0.2, 0.25) is 0 Å². The van der Waals surface area contributed by atoms with Gasteiger partial charge in [0.15, 0.2) is 0 Å². The van der Waals surface area contributed by atoms with Crippen LogP contribution < -0.4 is 5.73 Å². The summed E-state index contributed by atoms with van der Waals surface area (Å²) in [6, 6.07) is -0.165. The molecule has 0 fully saturated rings. The molecule has 0 aromatic rings. The predicted molar refractivity (Wildman–Crippen MR) is 60.3 cm³/mol. The van der Waals surface area contributed by atoms with Crippen LogP contribution in [-0.2, 0) is 0 Å². The highest BCUT2D eigenvalue weighted by atomic mass is 19.4. The molecule has 1 atom stereocenters. The van der Waals surface area contributed by atoms with Crippen LogP contribution in [0.5, 0.6) is 0 Å². The zero-order chi connectivity index (χ0) is 13.0. The van der Waals surface area contributed by atoms with Gasteiger partial charge < -0.3 is 5.73 Å². The van der Waals surface area contributed by atoms with Gasteiger partial charge in [-0.1, -0.05) is 13.3 Å². The highest BCUT2D eigenvalue weighted by Gasteiger charge is 2.39. The van der Waals surface area contributed by atoms with E-state index in [9.17, 15) is 13.2 Å². The number of nitrogens with two attached hydrogens (primary N) is 1. The average Bonchev–Trinajstić information content (AvgIpc) is 2.12. The Morgan fingerprint density at radius 1 is 1.25 bits per heavy atom. The Morgan fingerprint density at radius 2 is 1.75 bits per heavy atom. The summed E-state index contributed by atoms with van der Waals surface area (Å²) in [5.41, 5.74) is 5.07. The van der Waals surface area contributed by atoms with E-state index in [1.54, 1.807) is 13.8 Å². The van der Waals surface area contributed by atoms with Crippen molar-refractivity contribution in [1.82, 2.24) is 4.90 Å². The maximum Gasteiger partial charge on any atom is 0.401 e. The molecule has 0 spiro atoms. The predicted octanol–water partition coefficient (Wildman–Crippen LogP) is 2.78. The standard InChI is InChI=1S/C11H23F3N2/c1-5-6-10(4,7-15)16(9(2)3)8-11(12,13)14/h9H,5-8,15H2,1-4H3. The van der Waals surface area contributed by atoms with E-state index < -0.39 is 18.3 Å². The number of hydrogen-bond donors (Lipinski definition) is 1. The van der Waals surface area contributed by atoms with E-state index >= 15 is 0 Å². The summed E-state index contributed by atoms with van der Waals surface area (Å²) >= 11 is 0. The van der Waals surface area contributed by atoms with E-state index in [0.29, 0.717) is 6.42 Å². The Hall–Kier alpha value is -0.290. The summed E-state index contributed by atoms with van der Waals surface area (Å²) in [6.45, 7) is 6.67. The van der Waals surface area contributed by atoms with Crippen molar-refractivity contribution in [3.05, 3.63) is 0 Å². The maximum atomic E-state index is 12.5. The molecule has 0 amide bonds. The molecule has 0 aliphatic rings. The number of rotatable bonds is 6. The first-order valence-corrected chi connectivity index (χ1v) is 5.70. The van der Waals surface area contributed by atoms with E-state index in [1.807, 2.05) is 13.8 Å². The summed E-state index contributed by atoms with van der Waals surface area (Å²) < 4.78 is 37.5. The minimum atomic E-state index is -4.17. The fourth-order valence-electron chi connectivity index (χ4n) is 2.09. The molecule has 0 saturated carbocycles. The van der Waals surface area contributed by atoms with Gasteiger partial charge in [-0.2, -0.15) is 13.2 Å². The summed E-state index contributed by atoms with van der Waals surface area (Å²) in [4.78, 5) is 1.45. The lowest BCUT2D eigenvalue weighted by Gasteiger charge is -2.43. The lowest BCUT2D eigenvalue weighted by atomic mass is 9.92. The molecule has 98 valence electrons. The third-order valence-electron chi connectivity index (χ3n) is 2.89. The Balaban J connectivity index is 4.86. The largest absolute Gasteiger partial charge is 0.401 e. The van der Waals surface area contributed by atoms with Crippen molar-refractivity contribution in [2.75, 3.05) is 13.1 Å². The number of hydrogen-bond acceptors (Lipinski definition) is 2. The van der Waals surface area contributed by atoms with Crippen molar-refractivity contribution in [2.24, 2.45) is 5.73 Å². The zero-order valence-electron chi connectivity index (χ0n) is 10.6. The van der Waals surface area contributed by atoms with Crippen molar-refractivity contribution in [2.45, 2.75) is 58.3 Å². The molecule has 5 heteroatoms.